The van der Waals surface area contributed by atoms with Crippen molar-refractivity contribution in [3.8, 4) is 0 Å². The Morgan fingerprint density at radius 3 is 2.74 bits per heavy atom. The molecule has 0 amide bonds. The Balaban J connectivity index is 2.10. The summed E-state index contributed by atoms with van der Waals surface area (Å²) >= 11 is 0. The summed E-state index contributed by atoms with van der Waals surface area (Å²) in [6, 6.07) is 3.08. The molecule has 104 valence electrons. The van der Waals surface area contributed by atoms with Crippen LogP contribution in [0.1, 0.15) is 43.1 Å². The van der Waals surface area contributed by atoms with Gasteiger partial charge in [0, 0.05) is 13.1 Å². The molecule has 0 unspecified atom stereocenters. The van der Waals surface area contributed by atoms with Crippen LogP contribution in [-0.2, 0) is 0 Å². The monoisotopic (exact) mass is 263 g/mol. The van der Waals surface area contributed by atoms with Gasteiger partial charge < -0.3 is 15.7 Å². The van der Waals surface area contributed by atoms with Gasteiger partial charge >= 0.3 is 5.97 Å². The zero-order chi connectivity index (χ0) is 13.8. The summed E-state index contributed by atoms with van der Waals surface area (Å²) in [4.78, 5) is 17.2. The summed E-state index contributed by atoms with van der Waals surface area (Å²) in [5.41, 5.74) is 6.53. The lowest BCUT2D eigenvalue weighted by Gasteiger charge is -2.33. The van der Waals surface area contributed by atoms with Crippen molar-refractivity contribution in [1.82, 2.24) is 4.98 Å². The molecule has 19 heavy (non-hydrogen) atoms. The number of aromatic nitrogens is 1. The highest BCUT2D eigenvalue weighted by Gasteiger charge is 2.21. The maximum atomic E-state index is 11.0. The minimum atomic E-state index is -1.01. The van der Waals surface area contributed by atoms with Crippen LogP contribution in [0.15, 0.2) is 12.1 Å². The van der Waals surface area contributed by atoms with Crippen LogP contribution in [0.2, 0.25) is 0 Å². The van der Waals surface area contributed by atoms with E-state index >= 15 is 0 Å². The van der Waals surface area contributed by atoms with Crippen LogP contribution < -0.4 is 10.6 Å². The van der Waals surface area contributed by atoms with E-state index in [1.165, 1.54) is 18.9 Å². The van der Waals surface area contributed by atoms with Crippen molar-refractivity contribution < 1.29 is 9.90 Å². The number of anilines is 2. The maximum Gasteiger partial charge on any atom is 0.354 e. The van der Waals surface area contributed by atoms with Gasteiger partial charge in [0.15, 0.2) is 11.5 Å². The van der Waals surface area contributed by atoms with E-state index in [2.05, 4.69) is 16.8 Å². The Morgan fingerprint density at radius 1 is 1.47 bits per heavy atom. The Labute approximate surface area is 113 Å². The van der Waals surface area contributed by atoms with Gasteiger partial charge in [0.2, 0.25) is 0 Å². The van der Waals surface area contributed by atoms with E-state index in [1.807, 2.05) is 0 Å². The standard InChI is InChI=1S/C14H21N3O2/c1-2-3-10-6-8-17(9-7-10)13-11(15)4-5-12(16-13)14(18)19/h4-5,10H,2-3,6-9,15H2,1H3,(H,18,19). The first-order chi connectivity index (χ1) is 9.11. The molecule has 0 bridgehead atoms. The molecule has 2 heterocycles. The highest BCUT2D eigenvalue weighted by Crippen LogP contribution is 2.28. The molecule has 0 saturated carbocycles. The normalized spacial score (nSPS) is 16.6. The topological polar surface area (TPSA) is 79.5 Å². The number of rotatable bonds is 4. The summed E-state index contributed by atoms with van der Waals surface area (Å²) in [5, 5.41) is 8.99. The van der Waals surface area contributed by atoms with Gasteiger partial charge in [-0.3, -0.25) is 0 Å². The molecule has 1 fully saturated rings. The molecular formula is C14H21N3O2. The van der Waals surface area contributed by atoms with E-state index in [0.29, 0.717) is 11.5 Å². The summed E-state index contributed by atoms with van der Waals surface area (Å²) < 4.78 is 0. The molecule has 0 spiro atoms. The molecule has 5 nitrogen and oxygen atoms in total. The van der Waals surface area contributed by atoms with Crippen LogP contribution in [-0.4, -0.2) is 29.1 Å². The molecule has 3 N–H and O–H groups in total. The van der Waals surface area contributed by atoms with Gasteiger partial charge in [0.25, 0.3) is 0 Å². The molecule has 1 saturated heterocycles. The lowest BCUT2D eigenvalue weighted by Crippen LogP contribution is -2.35. The number of nitrogens with two attached hydrogens (primary N) is 1. The molecule has 1 aliphatic heterocycles. The first-order valence-electron chi connectivity index (χ1n) is 6.86. The fraction of sp³-hybridized carbons (Fsp3) is 0.571. The fourth-order valence-electron chi connectivity index (χ4n) is 2.67. The van der Waals surface area contributed by atoms with Crippen molar-refractivity contribution in [2.75, 3.05) is 23.7 Å². The first kappa shape index (κ1) is 13.6. The van der Waals surface area contributed by atoms with Gasteiger partial charge in [-0.2, -0.15) is 0 Å². The number of nitrogen functional groups attached to an aromatic ring is 1. The van der Waals surface area contributed by atoms with Crippen LogP contribution >= 0.6 is 0 Å². The van der Waals surface area contributed by atoms with Crippen LogP contribution in [0.5, 0.6) is 0 Å². The predicted molar refractivity (Wildman–Crippen MR) is 75.5 cm³/mol. The number of aromatic carboxylic acids is 1. The Morgan fingerprint density at radius 2 is 2.16 bits per heavy atom. The minimum Gasteiger partial charge on any atom is -0.477 e. The summed E-state index contributed by atoms with van der Waals surface area (Å²) in [7, 11) is 0. The first-order valence-corrected chi connectivity index (χ1v) is 6.86. The average molecular weight is 263 g/mol. The van der Waals surface area contributed by atoms with E-state index in [-0.39, 0.29) is 5.69 Å². The summed E-state index contributed by atoms with van der Waals surface area (Å²) in [5.74, 6) is 0.391. The Bertz CT molecular complexity index is 454. The molecular weight excluding hydrogens is 242 g/mol. The van der Waals surface area contributed by atoms with Crippen molar-refractivity contribution in [2.45, 2.75) is 32.6 Å². The third-order valence-corrected chi connectivity index (χ3v) is 3.74. The molecule has 2 rings (SSSR count). The van der Waals surface area contributed by atoms with Gasteiger partial charge in [-0.15, -0.1) is 0 Å². The minimum absolute atomic E-state index is 0.0554. The summed E-state index contributed by atoms with van der Waals surface area (Å²) in [6.07, 6.45) is 4.75. The highest BCUT2D eigenvalue weighted by molar-refractivity contribution is 5.87. The lowest BCUT2D eigenvalue weighted by molar-refractivity contribution is 0.0690. The van der Waals surface area contributed by atoms with Gasteiger partial charge in [-0.1, -0.05) is 19.8 Å². The Kier molecular flexibility index (Phi) is 4.24. The molecule has 0 aromatic carbocycles. The number of carbonyl (C=O) groups is 1. The van der Waals surface area contributed by atoms with Crippen molar-refractivity contribution >= 4 is 17.5 Å². The summed E-state index contributed by atoms with van der Waals surface area (Å²) in [6.45, 7) is 4.03. The zero-order valence-corrected chi connectivity index (χ0v) is 11.3. The number of piperidine rings is 1. The van der Waals surface area contributed by atoms with Gasteiger partial charge in [-0.25, -0.2) is 9.78 Å². The van der Waals surface area contributed by atoms with Crippen LogP contribution in [0.3, 0.4) is 0 Å². The van der Waals surface area contributed by atoms with E-state index in [4.69, 9.17) is 10.8 Å². The highest BCUT2D eigenvalue weighted by atomic mass is 16.4. The van der Waals surface area contributed by atoms with Gasteiger partial charge in [0.05, 0.1) is 5.69 Å². The van der Waals surface area contributed by atoms with Crippen LogP contribution in [0, 0.1) is 5.92 Å². The van der Waals surface area contributed by atoms with E-state index in [0.717, 1.165) is 31.8 Å². The lowest BCUT2D eigenvalue weighted by atomic mass is 9.92. The molecule has 0 atom stereocenters. The van der Waals surface area contributed by atoms with Crippen LogP contribution in [0.25, 0.3) is 0 Å². The number of carboxylic acids is 1. The van der Waals surface area contributed by atoms with Crippen molar-refractivity contribution in [1.29, 1.82) is 0 Å². The largest absolute Gasteiger partial charge is 0.477 e. The van der Waals surface area contributed by atoms with Crippen LogP contribution in [0.4, 0.5) is 11.5 Å². The number of carboxylic acid groups (broad SMARTS) is 1. The second-order valence-electron chi connectivity index (χ2n) is 5.13. The van der Waals surface area contributed by atoms with Crippen molar-refractivity contribution in [3.63, 3.8) is 0 Å². The molecule has 1 aromatic rings. The quantitative estimate of drug-likeness (QED) is 0.871. The molecule has 1 aromatic heterocycles. The third-order valence-electron chi connectivity index (χ3n) is 3.74. The smallest absolute Gasteiger partial charge is 0.354 e. The van der Waals surface area contributed by atoms with E-state index < -0.39 is 5.97 Å². The third kappa shape index (κ3) is 3.16. The zero-order valence-electron chi connectivity index (χ0n) is 11.3. The van der Waals surface area contributed by atoms with E-state index in [9.17, 15) is 4.79 Å². The number of hydrogen-bond donors (Lipinski definition) is 2. The number of hydrogen-bond acceptors (Lipinski definition) is 4. The maximum absolute atomic E-state index is 11.0. The van der Waals surface area contributed by atoms with Crippen molar-refractivity contribution in [2.24, 2.45) is 5.92 Å². The SMILES string of the molecule is CCCC1CCN(c2nc(C(=O)O)ccc2N)CC1. The van der Waals surface area contributed by atoms with Gasteiger partial charge in [-0.05, 0) is 30.9 Å². The second-order valence-corrected chi connectivity index (χ2v) is 5.13. The van der Waals surface area contributed by atoms with Crippen molar-refractivity contribution in [3.05, 3.63) is 17.8 Å². The molecule has 5 heteroatoms. The molecule has 0 aliphatic carbocycles. The Hall–Kier alpha value is -1.78. The molecule has 0 radical (unpaired) electrons. The predicted octanol–water partition coefficient (Wildman–Crippen LogP) is 2.38. The van der Waals surface area contributed by atoms with Gasteiger partial charge in [0.1, 0.15) is 0 Å². The number of nitrogens with zero attached hydrogens (tertiary/aromatic N) is 2. The average Bonchev–Trinajstić information content (AvgIpc) is 2.40. The molecule has 1 aliphatic rings. The second kappa shape index (κ2) is 5.91. The fourth-order valence-corrected chi connectivity index (χ4v) is 2.67. The number of pyridine rings is 1. The van der Waals surface area contributed by atoms with E-state index in [1.54, 1.807) is 6.07 Å².